The molecule has 2 rings (SSSR count). The van der Waals surface area contributed by atoms with Crippen molar-refractivity contribution in [3.63, 3.8) is 0 Å². The lowest BCUT2D eigenvalue weighted by Gasteiger charge is -2.26. The van der Waals surface area contributed by atoms with Crippen LogP contribution in [0.15, 0.2) is 24.3 Å². The number of aliphatic hydroxyl groups excluding tert-OH is 1. The Labute approximate surface area is 103 Å². The molecule has 0 aromatic heterocycles. The van der Waals surface area contributed by atoms with E-state index in [1.807, 2.05) is 7.05 Å². The van der Waals surface area contributed by atoms with Crippen LogP contribution in [0.25, 0.3) is 0 Å². The molecule has 1 saturated heterocycles. The van der Waals surface area contributed by atoms with Gasteiger partial charge in [-0.1, -0.05) is 29.8 Å². The molecule has 1 unspecified atom stereocenters. The molecule has 0 spiro atoms. The molecule has 0 bridgehead atoms. The summed E-state index contributed by atoms with van der Waals surface area (Å²) in [5.41, 5.74) is 2.56. The van der Waals surface area contributed by atoms with Crippen molar-refractivity contribution in [3.8, 4) is 0 Å². The average Bonchev–Trinajstić information content (AvgIpc) is 2.76. The van der Waals surface area contributed by atoms with Crippen LogP contribution in [0, 0.1) is 6.92 Å². The number of likely N-dealkylation sites (tertiary alicyclic amines) is 1. The van der Waals surface area contributed by atoms with E-state index in [0.717, 1.165) is 26.1 Å². The number of hydrogen-bond acceptors (Lipinski definition) is 3. The first-order chi connectivity index (χ1) is 8.17. The van der Waals surface area contributed by atoms with Crippen LogP contribution in [0.2, 0.25) is 0 Å². The lowest BCUT2D eigenvalue weighted by atomic mass is 10.0. The van der Waals surface area contributed by atoms with Crippen LogP contribution in [0.4, 0.5) is 0 Å². The van der Waals surface area contributed by atoms with Gasteiger partial charge in [-0.2, -0.15) is 0 Å². The summed E-state index contributed by atoms with van der Waals surface area (Å²) in [6.07, 6.45) is 1.02. The highest BCUT2D eigenvalue weighted by atomic mass is 16.3. The second kappa shape index (κ2) is 5.17. The van der Waals surface area contributed by atoms with Gasteiger partial charge in [0, 0.05) is 19.6 Å². The molecule has 94 valence electrons. The monoisotopic (exact) mass is 234 g/mol. The third-order valence-electron chi connectivity index (χ3n) is 3.79. The molecule has 3 heteroatoms. The molecule has 0 saturated carbocycles. The summed E-state index contributed by atoms with van der Waals surface area (Å²) >= 11 is 0. The molecule has 17 heavy (non-hydrogen) atoms. The van der Waals surface area contributed by atoms with Crippen molar-refractivity contribution in [2.45, 2.75) is 25.4 Å². The Morgan fingerprint density at radius 2 is 2.06 bits per heavy atom. The van der Waals surface area contributed by atoms with Crippen LogP contribution in [0.1, 0.15) is 17.5 Å². The lowest BCUT2D eigenvalue weighted by molar-refractivity contribution is 0.167. The largest absolute Gasteiger partial charge is 0.394 e. The summed E-state index contributed by atoms with van der Waals surface area (Å²) in [6, 6.07) is 8.69. The lowest BCUT2D eigenvalue weighted by Crippen LogP contribution is -2.48. The van der Waals surface area contributed by atoms with Gasteiger partial charge >= 0.3 is 0 Å². The van der Waals surface area contributed by atoms with E-state index < -0.39 is 0 Å². The van der Waals surface area contributed by atoms with Gasteiger partial charge in [0.05, 0.1) is 12.1 Å². The molecule has 1 aliphatic heterocycles. The van der Waals surface area contributed by atoms with Crippen LogP contribution in [-0.2, 0) is 6.54 Å². The number of hydrogen-bond donors (Lipinski definition) is 2. The first kappa shape index (κ1) is 12.6. The zero-order valence-corrected chi connectivity index (χ0v) is 10.7. The SMILES string of the molecule is CNC1(CO)CCN(Cc2ccc(C)cc2)C1. The molecule has 1 aromatic carbocycles. The fraction of sp³-hybridized carbons (Fsp3) is 0.571. The number of aryl methyl sites for hydroxylation is 1. The molecule has 1 heterocycles. The summed E-state index contributed by atoms with van der Waals surface area (Å²) in [5.74, 6) is 0. The molecular weight excluding hydrogens is 212 g/mol. The summed E-state index contributed by atoms with van der Waals surface area (Å²) in [4.78, 5) is 2.40. The highest BCUT2D eigenvalue weighted by Gasteiger charge is 2.35. The Balaban J connectivity index is 1.95. The minimum atomic E-state index is -0.0926. The van der Waals surface area contributed by atoms with Crippen molar-refractivity contribution >= 4 is 0 Å². The van der Waals surface area contributed by atoms with E-state index in [0.29, 0.717) is 0 Å². The van der Waals surface area contributed by atoms with Crippen LogP contribution >= 0.6 is 0 Å². The van der Waals surface area contributed by atoms with Crippen molar-refractivity contribution < 1.29 is 5.11 Å². The van der Waals surface area contributed by atoms with E-state index in [4.69, 9.17) is 0 Å². The summed E-state index contributed by atoms with van der Waals surface area (Å²) in [6.45, 7) is 5.28. The Morgan fingerprint density at radius 1 is 1.35 bits per heavy atom. The van der Waals surface area contributed by atoms with Crippen molar-refractivity contribution in [3.05, 3.63) is 35.4 Å². The second-order valence-electron chi connectivity index (χ2n) is 5.13. The third-order valence-corrected chi connectivity index (χ3v) is 3.79. The smallest absolute Gasteiger partial charge is 0.0626 e. The zero-order valence-electron chi connectivity index (χ0n) is 10.7. The van der Waals surface area contributed by atoms with E-state index in [2.05, 4.69) is 41.4 Å². The van der Waals surface area contributed by atoms with E-state index in [1.54, 1.807) is 0 Å². The molecule has 1 fully saturated rings. The van der Waals surface area contributed by atoms with Gasteiger partial charge in [0.2, 0.25) is 0 Å². The summed E-state index contributed by atoms with van der Waals surface area (Å²) in [7, 11) is 1.94. The first-order valence-corrected chi connectivity index (χ1v) is 6.25. The van der Waals surface area contributed by atoms with Gasteiger partial charge in [-0.15, -0.1) is 0 Å². The molecule has 1 aliphatic rings. The topological polar surface area (TPSA) is 35.5 Å². The average molecular weight is 234 g/mol. The first-order valence-electron chi connectivity index (χ1n) is 6.25. The number of likely N-dealkylation sites (N-methyl/N-ethyl adjacent to an activating group) is 1. The summed E-state index contributed by atoms with van der Waals surface area (Å²) < 4.78 is 0. The number of nitrogens with zero attached hydrogens (tertiary/aromatic N) is 1. The molecule has 0 amide bonds. The standard InChI is InChI=1S/C14H22N2O/c1-12-3-5-13(6-4-12)9-16-8-7-14(10-16,11-17)15-2/h3-6,15,17H,7-11H2,1-2H3. The van der Waals surface area contributed by atoms with E-state index in [9.17, 15) is 5.11 Å². The van der Waals surface area contributed by atoms with Gasteiger partial charge in [-0.3, -0.25) is 4.90 Å². The quantitative estimate of drug-likeness (QED) is 0.820. The maximum Gasteiger partial charge on any atom is 0.0626 e. The molecule has 1 atom stereocenters. The van der Waals surface area contributed by atoms with Crippen molar-refractivity contribution in [2.75, 3.05) is 26.7 Å². The Hall–Kier alpha value is -0.900. The third kappa shape index (κ3) is 2.86. The number of rotatable bonds is 4. The second-order valence-corrected chi connectivity index (χ2v) is 5.13. The van der Waals surface area contributed by atoms with Gasteiger partial charge < -0.3 is 10.4 Å². The van der Waals surface area contributed by atoms with Crippen LogP contribution in [0.5, 0.6) is 0 Å². The number of aliphatic hydroxyl groups is 1. The molecule has 0 aliphatic carbocycles. The van der Waals surface area contributed by atoms with Crippen LogP contribution in [-0.4, -0.2) is 42.3 Å². The number of nitrogens with one attached hydrogen (secondary N) is 1. The molecular formula is C14H22N2O. The predicted octanol–water partition coefficient (Wildman–Crippen LogP) is 1.15. The van der Waals surface area contributed by atoms with Crippen LogP contribution < -0.4 is 5.32 Å². The Morgan fingerprint density at radius 3 is 2.59 bits per heavy atom. The van der Waals surface area contributed by atoms with E-state index in [-0.39, 0.29) is 12.1 Å². The molecule has 0 radical (unpaired) electrons. The Kier molecular flexibility index (Phi) is 3.82. The van der Waals surface area contributed by atoms with Gasteiger partial charge in [0.15, 0.2) is 0 Å². The van der Waals surface area contributed by atoms with Gasteiger partial charge in [0.1, 0.15) is 0 Å². The molecule has 3 nitrogen and oxygen atoms in total. The molecule has 1 aromatic rings. The fourth-order valence-electron chi connectivity index (χ4n) is 2.46. The maximum absolute atomic E-state index is 9.45. The highest BCUT2D eigenvalue weighted by molar-refractivity contribution is 5.21. The summed E-state index contributed by atoms with van der Waals surface area (Å²) in [5, 5.41) is 12.7. The highest BCUT2D eigenvalue weighted by Crippen LogP contribution is 2.22. The Bertz CT molecular complexity index is 357. The minimum absolute atomic E-state index is 0.0926. The van der Waals surface area contributed by atoms with Crippen molar-refractivity contribution in [2.24, 2.45) is 0 Å². The van der Waals surface area contributed by atoms with Crippen molar-refractivity contribution in [1.29, 1.82) is 0 Å². The fourth-order valence-corrected chi connectivity index (χ4v) is 2.46. The predicted molar refractivity (Wildman–Crippen MR) is 69.9 cm³/mol. The number of benzene rings is 1. The minimum Gasteiger partial charge on any atom is -0.394 e. The maximum atomic E-state index is 9.45. The van der Waals surface area contributed by atoms with Gasteiger partial charge in [0.25, 0.3) is 0 Å². The van der Waals surface area contributed by atoms with Gasteiger partial charge in [-0.25, -0.2) is 0 Å². The van der Waals surface area contributed by atoms with Crippen molar-refractivity contribution in [1.82, 2.24) is 10.2 Å². The van der Waals surface area contributed by atoms with E-state index >= 15 is 0 Å². The zero-order chi connectivity index (χ0) is 12.3. The van der Waals surface area contributed by atoms with Gasteiger partial charge in [-0.05, 0) is 26.0 Å². The molecule has 2 N–H and O–H groups in total. The normalized spacial score (nSPS) is 25.4. The van der Waals surface area contributed by atoms with Crippen LogP contribution in [0.3, 0.4) is 0 Å². The van der Waals surface area contributed by atoms with E-state index in [1.165, 1.54) is 11.1 Å².